The number of anilines is 1. The molecule has 1 aliphatic heterocycles. The number of fused-ring (bicyclic) bond motifs is 1. The van der Waals surface area contributed by atoms with Crippen molar-refractivity contribution in [1.82, 2.24) is 5.32 Å². The van der Waals surface area contributed by atoms with Gasteiger partial charge in [0.25, 0.3) is 5.91 Å². The number of nitrogens with one attached hydrogen (secondary N) is 1. The standard InChI is InChI=1S/C17H23ClN2O3/c1-11(2)10-19-15(21)7-8-20-13-9-12(18)5-6-14(13)23-17(3,4)16(20)22/h5-6,9,11H,7-8,10H2,1-4H3,(H,19,21). The van der Waals surface area contributed by atoms with Crippen LogP contribution in [0.3, 0.4) is 0 Å². The van der Waals surface area contributed by atoms with Gasteiger partial charge in [-0.1, -0.05) is 25.4 Å². The van der Waals surface area contributed by atoms with Crippen molar-refractivity contribution in [3.8, 4) is 5.75 Å². The lowest BCUT2D eigenvalue weighted by atomic mass is 10.0. The molecule has 1 aromatic carbocycles. The molecule has 0 aromatic heterocycles. The molecule has 1 N–H and O–H groups in total. The van der Waals surface area contributed by atoms with Crippen LogP contribution in [0.1, 0.15) is 34.1 Å². The Balaban J connectivity index is 2.15. The molecule has 6 heteroatoms. The van der Waals surface area contributed by atoms with Crippen molar-refractivity contribution in [2.45, 2.75) is 39.7 Å². The predicted molar refractivity (Wildman–Crippen MR) is 91.0 cm³/mol. The number of ether oxygens (including phenoxy) is 1. The molecule has 1 aromatic rings. The summed E-state index contributed by atoms with van der Waals surface area (Å²) in [4.78, 5) is 26.1. The number of amides is 2. The molecule has 0 radical (unpaired) electrons. The van der Waals surface area contributed by atoms with Gasteiger partial charge in [0.05, 0.1) is 5.69 Å². The third-order valence-corrected chi connectivity index (χ3v) is 3.84. The summed E-state index contributed by atoms with van der Waals surface area (Å²) in [6.45, 7) is 8.43. The lowest BCUT2D eigenvalue weighted by molar-refractivity contribution is -0.132. The van der Waals surface area contributed by atoms with E-state index in [1.165, 1.54) is 0 Å². The number of carbonyl (C=O) groups excluding carboxylic acids is 2. The summed E-state index contributed by atoms with van der Waals surface area (Å²) in [7, 11) is 0. The highest BCUT2D eigenvalue weighted by Gasteiger charge is 2.40. The molecule has 0 saturated heterocycles. The minimum absolute atomic E-state index is 0.0700. The molecule has 1 heterocycles. The number of nitrogens with zero attached hydrogens (tertiary/aromatic N) is 1. The number of carbonyl (C=O) groups is 2. The van der Waals surface area contributed by atoms with Crippen LogP contribution >= 0.6 is 11.6 Å². The van der Waals surface area contributed by atoms with E-state index in [1.54, 1.807) is 36.9 Å². The molecule has 0 unspecified atom stereocenters. The van der Waals surface area contributed by atoms with E-state index in [-0.39, 0.29) is 18.2 Å². The van der Waals surface area contributed by atoms with Crippen LogP contribution in [0.15, 0.2) is 18.2 Å². The monoisotopic (exact) mass is 338 g/mol. The summed E-state index contributed by atoms with van der Waals surface area (Å²) in [6.07, 6.45) is 0.237. The maximum absolute atomic E-state index is 12.6. The predicted octanol–water partition coefficient (Wildman–Crippen LogP) is 3.01. The summed E-state index contributed by atoms with van der Waals surface area (Å²) in [6, 6.07) is 5.16. The fraction of sp³-hybridized carbons (Fsp3) is 0.529. The van der Waals surface area contributed by atoms with Gasteiger partial charge in [0.1, 0.15) is 5.75 Å². The quantitative estimate of drug-likeness (QED) is 0.897. The van der Waals surface area contributed by atoms with Crippen LogP contribution in [0.5, 0.6) is 5.75 Å². The van der Waals surface area contributed by atoms with Gasteiger partial charge in [-0.2, -0.15) is 0 Å². The highest BCUT2D eigenvalue weighted by Crippen LogP contribution is 2.39. The number of halogens is 1. The van der Waals surface area contributed by atoms with Crippen LogP contribution in [0, 0.1) is 5.92 Å². The van der Waals surface area contributed by atoms with E-state index < -0.39 is 5.60 Å². The van der Waals surface area contributed by atoms with Crippen molar-refractivity contribution in [3.05, 3.63) is 23.2 Å². The van der Waals surface area contributed by atoms with Crippen molar-refractivity contribution in [3.63, 3.8) is 0 Å². The summed E-state index contributed by atoms with van der Waals surface area (Å²) in [5, 5.41) is 3.38. The normalized spacial score (nSPS) is 16.1. The number of hydrogen-bond acceptors (Lipinski definition) is 3. The molecule has 0 saturated carbocycles. The maximum Gasteiger partial charge on any atom is 0.270 e. The third kappa shape index (κ3) is 4.16. The first-order valence-corrected chi connectivity index (χ1v) is 8.15. The molecule has 23 heavy (non-hydrogen) atoms. The fourth-order valence-corrected chi connectivity index (χ4v) is 2.55. The third-order valence-electron chi connectivity index (χ3n) is 3.61. The molecule has 0 fully saturated rings. The number of rotatable bonds is 5. The summed E-state index contributed by atoms with van der Waals surface area (Å²) in [5.41, 5.74) is -0.353. The van der Waals surface area contributed by atoms with Crippen molar-refractivity contribution in [2.24, 2.45) is 5.92 Å². The van der Waals surface area contributed by atoms with Gasteiger partial charge in [0, 0.05) is 24.5 Å². The minimum atomic E-state index is -0.963. The van der Waals surface area contributed by atoms with E-state index in [0.29, 0.717) is 35.5 Å². The van der Waals surface area contributed by atoms with Crippen molar-refractivity contribution in [2.75, 3.05) is 18.0 Å². The Morgan fingerprint density at radius 3 is 2.74 bits per heavy atom. The van der Waals surface area contributed by atoms with E-state index in [9.17, 15) is 9.59 Å². The van der Waals surface area contributed by atoms with E-state index in [0.717, 1.165) is 0 Å². The zero-order chi connectivity index (χ0) is 17.2. The molecule has 1 aliphatic rings. The zero-order valence-corrected chi connectivity index (χ0v) is 14.7. The fourth-order valence-electron chi connectivity index (χ4n) is 2.38. The van der Waals surface area contributed by atoms with Crippen LogP contribution in [-0.4, -0.2) is 30.5 Å². The highest BCUT2D eigenvalue weighted by molar-refractivity contribution is 6.31. The Morgan fingerprint density at radius 1 is 1.39 bits per heavy atom. The van der Waals surface area contributed by atoms with E-state index in [4.69, 9.17) is 16.3 Å². The second kappa shape index (κ2) is 6.79. The Labute approximate surface area is 141 Å². The first kappa shape index (κ1) is 17.6. The van der Waals surface area contributed by atoms with Crippen LogP contribution in [-0.2, 0) is 9.59 Å². The Kier molecular flexibility index (Phi) is 5.19. The Morgan fingerprint density at radius 2 is 2.09 bits per heavy atom. The highest BCUT2D eigenvalue weighted by atomic mass is 35.5. The van der Waals surface area contributed by atoms with Crippen LogP contribution in [0.2, 0.25) is 5.02 Å². The van der Waals surface area contributed by atoms with Gasteiger partial charge >= 0.3 is 0 Å². The summed E-state index contributed by atoms with van der Waals surface area (Å²) < 4.78 is 5.75. The van der Waals surface area contributed by atoms with Crippen LogP contribution in [0.4, 0.5) is 5.69 Å². The number of hydrogen-bond donors (Lipinski definition) is 1. The Hall–Kier alpha value is -1.75. The lowest BCUT2D eigenvalue weighted by Gasteiger charge is -2.38. The SMILES string of the molecule is CC(C)CNC(=O)CCN1C(=O)C(C)(C)Oc2ccc(Cl)cc21. The molecule has 126 valence electrons. The van der Waals surface area contributed by atoms with Crippen molar-refractivity contribution in [1.29, 1.82) is 0 Å². The smallest absolute Gasteiger partial charge is 0.270 e. The molecule has 0 aliphatic carbocycles. The van der Waals surface area contributed by atoms with E-state index in [1.807, 2.05) is 13.8 Å². The second-order valence-electron chi connectivity index (χ2n) is 6.63. The van der Waals surface area contributed by atoms with Gasteiger partial charge in [-0.05, 0) is 38.0 Å². The molecule has 0 bridgehead atoms. The lowest BCUT2D eigenvalue weighted by Crippen LogP contribution is -2.53. The van der Waals surface area contributed by atoms with Crippen LogP contribution in [0.25, 0.3) is 0 Å². The first-order valence-electron chi connectivity index (χ1n) is 7.78. The topological polar surface area (TPSA) is 58.6 Å². The van der Waals surface area contributed by atoms with Gasteiger partial charge in [0.15, 0.2) is 5.60 Å². The summed E-state index contributed by atoms with van der Waals surface area (Å²) >= 11 is 6.04. The zero-order valence-electron chi connectivity index (χ0n) is 14.0. The molecular weight excluding hydrogens is 316 g/mol. The van der Waals surface area contributed by atoms with Crippen LogP contribution < -0.4 is 15.0 Å². The Bertz CT molecular complexity index is 614. The van der Waals surface area contributed by atoms with Crippen molar-refractivity contribution >= 4 is 29.1 Å². The summed E-state index contributed by atoms with van der Waals surface area (Å²) in [5.74, 6) is 0.743. The second-order valence-corrected chi connectivity index (χ2v) is 7.07. The maximum atomic E-state index is 12.6. The van der Waals surface area contributed by atoms with Gasteiger partial charge in [-0.25, -0.2) is 0 Å². The van der Waals surface area contributed by atoms with E-state index >= 15 is 0 Å². The molecule has 0 spiro atoms. The van der Waals surface area contributed by atoms with Gasteiger partial charge in [0.2, 0.25) is 5.91 Å². The van der Waals surface area contributed by atoms with Crippen molar-refractivity contribution < 1.29 is 14.3 Å². The largest absolute Gasteiger partial charge is 0.476 e. The van der Waals surface area contributed by atoms with Gasteiger partial charge in [-0.3, -0.25) is 9.59 Å². The minimum Gasteiger partial charge on any atom is -0.476 e. The first-order chi connectivity index (χ1) is 10.7. The average molecular weight is 339 g/mol. The molecule has 0 atom stereocenters. The van der Waals surface area contributed by atoms with Gasteiger partial charge < -0.3 is 15.0 Å². The molecule has 5 nitrogen and oxygen atoms in total. The number of benzene rings is 1. The molecule has 2 rings (SSSR count). The van der Waals surface area contributed by atoms with E-state index in [2.05, 4.69) is 5.32 Å². The van der Waals surface area contributed by atoms with Gasteiger partial charge in [-0.15, -0.1) is 0 Å². The molecule has 2 amide bonds. The molecular formula is C17H23ClN2O3. The average Bonchev–Trinajstić information content (AvgIpc) is 2.46.